The van der Waals surface area contributed by atoms with Crippen molar-refractivity contribution in [2.75, 3.05) is 11.9 Å². The lowest BCUT2D eigenvalue weighted by atomic mass is 10.0. The minimum atomic E-state index is -2.09. The van der Waals surface area contributed by atoms with E-state index in [1.54, 1.807) is 18.5 Å². The average Bonchev–Trinajstić information content (AvgIpc) is 3.42. The van der Waals surface area contributed by atoms with E-state index in [1.165, 1.54) is 6.33 Å². The van der Waals surface area contributed by atoms with Gasteiger partial charge in [-0.1, -0.05) is 39.0 Å². The Bertz CT molecular complexity index is 1230. The number of nitrogens with one attached hydrogen (secondary N) is 1. The lowest BCUT2D eigenvalue weighted by Gasteiger charge is -2.40. The third kappa shape index (κ3) is 3.74. The van der Waals surface area contributed by atoms with Gasteiger partial charge in [0.2, 0.25) is 0 Å². The molecular weight excluding hydrogens is 450 g/mol. The second-order valence-electron chi connectivity index (χ2n) is 10.5. The Hall–Kier alpha value is -2.66. The molecule has 1 radical (unpaired) electrons. The molecule has 2 aromatic heterocycles. The fraction of sp³-hybridized carbons (Fsp3) is 0.458. The van der Waals surface area contributed by atoms with Gasteiger partial charge < -0.3 is 19.2 Å². The molecule has 179 valence electrons. The van der Waals surface area contributed by atoms with E-state index in [9.17, 15) is 4.79 Å². The highest BCUT2D eigenvalue weighted by molar-refractivity contribution is 6.74. The molecule has 3 aromatic rings. The molecule has 0 unspecified atom stereocenters. The van der Waals surface area contributed by atoms with E-state index in [0.29, 0.717) is 29.2 Å². The van der Waals surface area contributed by atoms with Gasteiger partial charge in [-0.2, -0.15) is 0 Å². The summed E-state index contributed by atoms with van der Waals surface area (Å²) in [6, 6.07) is 8.95. The normalized spacial score (nSPS) is 26.8. The Morgan fingerprint density at radius 2 is 1.97 bits per heavy atom. The molecule has 2 saturated heterocycles. The first kappa shape index (κ1) is 23.1. The zero-order valence-electron chi connectivity index (χ0n) is 20.1. The van der Waals surface area contributed by atoms with Crippen molar-refractivity contribution in [2.24, 2.45) is 0 Å². The first-order valence-electron chi connectivity index (χ1n) is 11.4. The van der Waals surface area contributed by atoms with Crippen LogP contribution in [-0.4, -0.2) is 58.2 Å². The fourth-order valence-electron chi connectivity index (χ4n) is 4.13. The number of benzene rings is 1. The van der Waals surface area contributed by atoms with Gasteiger partial charge >= 0.3 is 0 Å². The number of hydrogen-bond acceptors (Lipinski definition) is 7. The summed E-state index contributed by atoms with van der Waals surface area (Å²) in [5, 5.41) is 2.88. The largest absolute Gasteiger partial charge is 0.408 e. The summed E-state index contributed by atoms with van der Waals surface area (Å²) in [6.07, 6.45) is 1.90. The SMILES string of the molecule is [CH2][C@]12CO[C@@H]([C@H](n3cnc4c(NC(=O)c5ccccc5)ncnc43)O1)[C@@H]2O[Si](C)(C)C(C)(C)C. The number of anilines is 1. The van der Waals surface area contributed by atoms with Crippen molar-refractivity contribution < 1.29 is 18.7 Å². The Morgan fingerprint density at radius 1 is 1.24 bits per heavy atom. The van der Waals surface area contributed by atoms with Crippen LogP contribution in [-0.2, 0) is 13.9 Å². The van der Waals surface area contributed by atoms with E-state index in [4.69, 9.17) is 13.9 Å². The smallest absolute Gasteiger partial charge is 0.256 e. The molecule has 4 heterocycles. The van der Waals surface area contributed by atoms with E-state index >= 15 is 0 Å². The van der Waals surface area contributed by atoms with Crippen LogP contribution < -0.4 is 5.32 Å². The van der Waals surface area contributed by atoms with E-state index in [0.717, 1.165) is 0 Å². The van der Waals surface area contributed by atoms with Gasteiger partial charge in [0.1, 0.15) is 24.1 Å². The molecule has 5 rings (SSSR count). The lowest BCUT2D eigenvalue weighted by molar-refractivity contribution is -0.154. The van der Waals surface area contributed by atoms with Crippen molar-refractivity contribution >= 4 is 31.2 Å². The summed E-state index contributed by atoms with van der Waals surface area (Å²) >= 11 is 0. The summed E-state index contributed by atoms with van der Waals surface area (Å²) < 4.78 is 21.0. The molecule has 0 spiro atoms. The van der Waals surface area contributed by atoms with Gasteiger partial charge in [0.25, 0.3) is 5.91 Å². The summed E-state index contributed by atoms with van der Waals surface area (Å²) in [5.41, 5.74) is 0.731. The number of fused-ring (bicyclic) bond motifs is 3. The van der Waals surface area contributed by atoms with Crippen molar-refractivity contribution in [1.29, 1.82) is 0 Å². The number of imidazole rings is 1. The number of carbonyl (C=O) groups is 1. The maximum absolute atomic E-state index is 12.7. The molecule has 2 fully saturated rings. The van der Waals surface area contributed by atoms with Crippen LogP contribution >= 0.6 is 0 Å². The molecule has 4 atom stereocenters. The van der Waals surface area contributed by atoms with Gasteiger partial charge in [0.05, 0.1) is 12.9 Å². The number of aromatic nitrogens is 4. The Kier molecular flexibility index (Phi) is 5.40. The van der Waals surface area contributed by atoms with Gasteiger partial charge in [-0.3, -0.25) is 9.36 Å². The highest BCUT2D eigenvalue weighted by atomic mass is 28.4. The number of carbonyl (C=O) groups excluding carboxylic acids is 1. The number of nitrogens with zero attached hydrogens (tertiary/aromatic N) is 4. The van der Waals surface area contributed by atoms with Crippen LogP contribution in [0, 0.1) is 6.92 Å². The maximum Gasteiger partial charge on any atom is 0.256 e. The predicted molar refractivity (Wildman–Crippen MR) is 130 cm³/mol. The van der Waals surface area contributed by atoms with Gasteiger partial charge in [0, 0.05) is 5.56 Å². The van der Waals surface area contributed by atoms with Crippen molar-refractivity contribution in [3.63, 3.8) is 0 Å². The van der Waals surface area contributed by atoms with Crippen molar-refractivity contribution in [3.05, 3.63) is 55.5 Å². The molecule has 9 nitrogen and oxygen atoms in total. The third-order valence-corrected chi connectivity index (χ3v) is 11.6. The van der Waals surface area contributed by atoms with E-state index in [2.05, 4.69) is 61.1 Å². The van der Waals surface area contributed by atoms with E-state index in [1.807, 2.05) is 22.8 Å². The Labute approximate surface area is 200 Å². The first-order chi connectivity index (χ1) is 16.0. The molecule has 34 heavy (non-hydrogen) atoms. The molecule has 10 heteroatoms. The van der Waals surface area contributed by atoms with Crippen molar-refractivity contribution in [1.82, 2.24) is 19.5 Å². The highest BCUT2D eigenvalue weighted by Crippen LogP contribution is 2.49. The molecule has 1 amide bonds. The monoisotopic (exact) mass is 480 g/mol. The van der Waals surface area contributed by atoms with Crippen LogP contribution in [0.25, 0.3) is 11.2 Å². The standard InChI is InChI=1S/C24H30N5O4Si/c1-23(2,3)34(5,6)33-18-17-22(32-24(18,4)12-31-17)29-14-27-16-19(25-13-26-20(16)29)28-21(30)15-10-8-7-9-11-15/h7-11,13-14,17-18,22H,4,12H2,1-3,5-6H3,(H,25,26,28,30)/t17-,18+,22-,24-/m1/s1. The van der Waals surface area contributed by atoms with Crippen LogP contribution in [0.15, 0.2) is 43.0 Å². The summed E-state index contributed by atoms with van der Waals surface area (Å²) in [7, 11) is -2.09. The topological polar surface area (TPSA) is 100 Å². The van der Waals surface area contributed by atoms with Gasteiger partial charge in [0.15, 0.2) is 31.5 Å². The van der Waals surface area contributed by atoms with Crippen molar-refractivity contribution in [3.8, 4) is 0 Å². The minimum absolute atomic E-state index is 0.0433. The summed E-state index contributed by atoms with van der Waals surface area (Å²) in [6.45, 7) is 15.7. The van der Waals surface area contributed by atoms with Gasteiger partial charge in [-0.15, -0.1) is 0 Å². The number of hydrogen-bond donors (Lipinski definition) is 1. The van der Waals surface area contributed by atoms with E-state index < -0.39 is 20.1 Å². The van der Waals surface area contributed by atoms with Crippen LogP contribution in [0.4, 0.5) is 5.82 Å². The molecule has 2 aliphatic heterocycles. The van der Waals surface area contributed by atoms with Gasteiger partial charge in [-0.05, 0) is 37.2 Å². The maximum atomic E-state index is 12.7. The number of amides is 1. The third-order valence-electron chi connectivity index (χ3n) is 7.10. The first-order valence-corrected chi connectivity index (χ1v) is 14.3. The highest BCUT2D eigenvalue weighted by Gasteiger charge is 2.62. The minimum Gasteiger partial charge on any atom is -0.408 e. The van der Waals surface area contributed by atoms with Crippen LogP contribution in [0.5, 0.6) is 0 Å². The fourth-order valence-corrected chi connectivity index (χ4v) is 5.47. The van der Waals surface area contributed by atoms with E-state index in [-0.39, 0.29) is 23.2 Å². The molecule has 0 aliphatic carbocycles. The molecule has 1 aromatic carbocycles. The Morgan fingerprint density at radius 3 is 2.68 bits per heavy atom. The van der Waals surface area contributed by atoms with Crippen LogP contribution in [0.1, 0.15) is 37.4 Å². The summed E-state index contributed by atoms with van der Waals surface area (Å²) in [4.78, 5) is 25.8. The zero-order chi connectivity index (χ0) is 24.3. The molecular formula is C24H30N5O4Si. The van der Waals surface area contributed by atoms with Crippen molar-refractivity contribution in [2.45, 2.75) is 62.9 Å². The molecule has 1 N–H and O–H groups in total. The average molecular weight is 481 g/mol. The quantitative estimate of drug-likeness (QED) is 0.552. The molecule has 2 aliphatic rings. The van der Waals surface area contributed by atoms with Crippen LogP contribution in [0.2, 0.25) is 18.1 Å². The predicted octanol–water partition coefficient (Wildman–Crippen LogP) is 3.97. The second-order valence-corrected chi connectivity index (χ2v) is 15.3. The zero-order valence-corrected chi connectivity index (χ0v) is 21.1. The Balaban J connectivity index is 1.43. The van der Waals surface area contributed by atoms with Gasteiger partial charge in [-0.25, -0.2) is 15.0 Å². The second kappa shape index (κ2) is 7.94. The molecule has 2 bridgehead atoms. The number of ether oxygens (including phenoxy) is 2. The summed E-state index contributed by atoms with van der Waals surface area (Å²) in [5.74, 6) is 0.0642. The molecule has 0 saturated carbocycles. The lowest BCUT2D eigenvalue weighted by Crippen LogP contribution is -2.50. The number of rotatable bonds is 5. The van der Waals surface area contributed by atoms with Crippen LogP contribution in [0.3, 0.4) is 0 Å².